The number of methoxy groups -OCH3 is 2. The lowest BCUT2D eigenvalue weighted by Gasteiger charge is -2.16. The Morgan fingerprint density at radius 2 is 1.89 bits per heavy atom. The van der Waals surface area contributed by atoms with Gasteiger partial charge in [0.05, 0.1) is 14.2 Å². The molecule has 1 rings (SSSR count). The quantitative estimate of drug-likeness (QED) is 0.823. The number of esters is 1. The number of carbonyl (C=O) groups excluding carboxylic acids is 1. The molecule has 0 aliphatic carbocycles. The average molecular weight is 280 g/mol. The summed E-state index contributed by atoms with van der Waals surface area (Å²) in [4.78, 5) is 11.1. The third kappa shape index (κ3) is 3.08. The minimum atomic E-state index is -4.86. The maximum Gasteiger partial charge on any atom is 0.420 e. The predicted octanol–water partition coefficient (Wildman–Crippen LogP) is 1.63. The molecule has 0 saturated carbocycles. The molecule has 1 atom stereocenters. The van der Waals surface area contributed by atoms with Crippen LogP contribution in [0.3, 0.4) is 0 Å². The van der Waals surface area contributed by atoms with Gasteiger partial charge in [0, 0.05) is 0 Å². The first-order valence-electron chi connectivity index (χ1n) is 4.96. The fraction of sp³-hybridized carbons (Fsp3) is 0.364. The normalized spacial score (nSPS) is 12.9. The van der Waals surface area contributed by atoms with Crippen LogP contribution >= 0.6 is 0 Å². The molecule has 0 saturated heterocycles. The standard InChI is InChI=1S/C11H11F3O5/c1-18-7-4-5(8(15)10(17)19-2)3-6(9(7)16)11(12,13)14/h3-4,8,15-16H,1-2H3. The third-order valence-electron chi connectivity index (χ3n) is 2.36. The fourth-order valence-electron chi connectivity index (χ4n) is 1.41. The summed E-state index contributed by atoms with van der Waals surface area (Å²) in [7, 11) is 2.03. The minimum absolute atomic E-state index is 0.395. The van der Waals surface area contributed by atoms with Gasteiger partial charge in [-0.15, -0.1) is 0 Å². The van der Waals surface area contributed by atoms with Gasteiger partial charge in [-0.05, 0) is 17.7 Å². The van der Waals surface area contributed by atoms with Crippen LogP contribution in [-0.2, 0) is 15.7 Å². The molecule has 19 heavy (non-hydrogen) atoms. The van der Waals surface area contributed by atoms with E-state index in [2.05, 4.69) is 9.47 Å². The molecular weight excluding hydrogens is 269 g/mol. The Labute approximate surface area is 106 Å². The number of rotatable bonds is 3. The van der Waals surface area contributed by atoms with E-state index in [1.165, 1.54) is 0 Å². The van der Waals surface area contributed by atoms with Crippen molar-refractivity contribution in [1.82, 2.24) is 0 Å². The number of hydrogen-bond donors (Lipinski definition) is 2. The van der Waals surface area contributed by atoms with Gasteiger partial charge in [-0.3, -0.25) is 0 Å². The number of alkyl halides is 3. The SMILES string of the molecule is COC(=O)C(O)c1cc(OC)c(O)c(C(F)(F)F)c1. The number of halogens is 3. The second kappa shape index (κ2) is 5.35. The first-order chi connectivity index (χ1) is 8.72. The Kier molecular flexibility index (Phi) is 4.25. The molecule has 0 bridgehead atoms. The van der Waals surface area contributed by atoms with Crippen LogP contribution in [0.2, 0.25) is 0 Å². The van der Waals surface area contributed by atoms with Crippen molar-refractivity contribution >= 4 is 5.97 Å². The molecule has 1 unspecified atom stereocenters. The Morgan fingerprint density at radius 3 is 2.32 bits per heavy atom. The van der Waals surface area contributed by atoms with Crippen molar-refractivity contribution in [3.05, 3.63) is 23.3 Å². The number of phenols is 1. The highest BCUT2D eigenvalue weighted by atomic mass is 19.4. The van der Waals surface area contributed by atoms with Gasteiger partial charge < -0.3 is 19.7 Å². The number of phenolic OH excluding ortho intramolecular Hbond substituents is 1. The smallest absolute Gasteiger partial charge is 0.420 e. The topological polar surface area (TPSA) is 76.0 Å². The second-order valence-corrected chi connectivity index (χ2v) is 3.54. The van der Waals surface area contributed by atoms with Crippen molar-refractivity contribution in [3.63, 3.8) is 0 Å². The zero-order valence-corrected chi connectivity index (χ0v) is 9.99. The zero-order chi connectivity index (χ0) is 14.8. The van der Waals surface area contributed by atoms with E-state index >= 15 is 0 Å². The largest absolute Gasteiger partial charge is 0.504 e. The number of ether oxygens (including phenoxy) is 2. The molecule has 106 valence electrons. The van der Waals surface area contributed by atoms with E-state index in [4.69, 9.17) is 0 Å². The van der Waals surface area contributed by atoms with E-state index in [0.717, 1.165) is 20.3 Å². The van der Waals surface area contributed by atoms with Crippen molar-refractivity contribution in [2.75, 3.05) is 14.2 Å². The maximum absolute atomic E-state index is 12.7. The van der Waals surface area contributed by atoms with Crippen molar-refractivity contribution in [2.45, 2.75) is 12.3 Å². The molecule has 5 nitrogen and oxygen atoms in total. The first kappa shape index (κ1) is 15.1. The summed E-state index contributed by atoms with van der Waals surface area (Å²) < 4.78 is 46.8. The first-order valence-corrected chi connectivity index (χ1v) is 4.96. The maximum atomic E-state index is 12.7. The average Bonchev–Trinajstić information content (AvgIpc) is 2.35. The highest BCUT2D eigenvalue weighted by Crippen LogP contribution is 2.42. The molecule has 0 fully saturated rings. The van der Waals surface area contributed by atoms with Crippen molar-refractivity contribution < 1.29 is 37.7 Å². The Bertz CT molecular complexity index is 484. The van der Waals surface area contributed by atoms with E-state index in [1.807, 2.05) is 0 Å². The summed E-state index contributed by atoms with van der Waals surface area (Å²) in [5.41, 5.74) is -1.81. The highest BCUT2D eigenvalue weighted by Gasteiger charge is 2.37. The third-order valence-corrected chi connectivity index (χ3v) is 2.36. The Hall–Kier alpha value is -1.96. The minimum Gasteiger partial charge on any atom is -0.504 e. The highest BCUT2D eigenvalue weighted by molar-refractivity contribution is 5.76. The number of aromatic hydroxyl groups is 1. The molecule has 0 heterocycles. The Morgan fingerprint density at radius 1 is 1.32 bits per heavy atom. The van der Waals surface area contributed by atoms with Gasteiger partial charge in [0.2, 0.25) is 0 Å². The molecule has 1 aromatic carbocycles. The summed E-state index contributed by atoms with van der Waals surface area (Å²) in [6, 6.07) is 1.38. The second-order valence-electron chi connectivity index (χ2n) is 3.54. The van der Waals surface area contributed by atoms with E-state index < -0.39 is 40.9 Å². The Balaban J connectivity index is 3.40. The van der Waals surface area contributed by atoms with E-state index in [0.29, 0.717) is 6.07 Å². The zero-order valence-electron chi connectivity index (χ0n) is 9.99. The lowest BCUT2D eigenvalue weighted by molar-refractivity contribution is -0.151. The van der Waals surface area contributed by atoms with E-state index in [1.54, 1.807) is 0 Å². The molecule has 1 aromatic rings. The lowest BCUT2D eigenvalue weighted by atomic mass is 10.0. The van der Waals surface area contributed by atoms with Crippen molar-refractivity contribution in [2.24, 2.45) is 0 Å². The molecule has 0 spiro atoms. The van der Waals surface area contributed by atoms with E-state index in [-0.39, 0.29) is 0 Å². The van der Waals surface area contributed by atoms with Crippen LogP contribution in [0.4, 0.5) is 13.2 Å². The van der Waals surface area contributed by atoms with Gasteiger partial charge in [-0.2, -0.15) is 13.2 Å². The number of hydrogen-bond acceptors (Lipinski definition) is 5. The van der Waals surface area contributed by atoms with Gasteiger partial charge in [0.1, 0.15) is 5.56 Å². The summed E-state index contributed by atoms with van der Waals surface area (Å²) in [6.07, 6.45) is -6.76. The van der Waals surface area contributed by atoms with Crippen LogP contribution in [0.25, 0.3) is 0 Å². The van der Waals surface area contributed by atoms with Crippen molar-refractivity contribution in [3.8, 4) is 11.5 Å². The number of aliphatic hydroxyl groups is 1. The predicted molar refractivity (Wildman–Crippen MR) is 56.6 cm³/mol. The number of carbonyl (C=O) groups is 1. The van der Waals surface area contributed by atoms with Crippen LogP contribution < -0.4 is 4.74 Å². The summed E-state index contributed by atoms with van der Waals surface area (Å²) in [6.45, 7) is 0. The number of aliphatic hydroxyl groups excluding tert-OH is 1. The van der Waals surface area contributed by atoms with Crippen LogP contribution in [0.15, 0.2) is 12.1 Å². The fourth-order valence-corrected chi connectivity index (χ4v) is 1.41. The summed E-state index contributed by atoms with van der Waals surface area (Å²) in [5, 5.41) is 18.9. The molecule has 0 amide bonds. The van der Waals surface area contributed by atoms with Gasteiger partial charge >= 0.3 is 12.1 Å². The van der Waals surface area contributed by atoms with Crippen LogP contribution in [0.5, 0.6) is 11.5 Å². The molecular formula is C11H11F3O5. The van der Waals surface area contributed by atoms with Crippen LogP contribution in [-0.4, -0.2) is 30.4 Å². The van der Waals surface area contributed by atoms with Crippen LogP contribution in [0.1, 0.15) is 17.2 Å². The molecule has 0 aliphatic heterocycles. The monoisotopic (exact) mass is 280 g/mol. The lowest BCUT2D eigenvalue weighted by Crippen LogP contribution is -2.15. The molecule has 0 aliphatic rings. The molecule has 8 heteroatoms. The van der Waals surface area contributed by atoms with Gasteiger partial charge in [-0.25, -0.2) is 4.79 Å². The molecule has 0 aromatic heterocycles. The molecule has 2 N–H and O–H groups in total. The summed E-state index contributed by atoms with van der Waals surface area (Å²) in [5.74, 6) is -2.75. The number of benzene rings is 1. The van der Waals surface area contributed by atoms with Gasteiger partial charge in [0.25, 0.3) is 0 Å². The van der Waals surface area contributed by atoms with Gasteiger partial charge in [0.15, 0.2) is 17.6 Å². The molecule has 0 radical (unpaired) electrons. The summed E-state index contributed by atoms with van der Waals surface area (Å²) >= 11 is 0. The van der Waals surface area contributed by atoms with Gasteiger partial charge in [-0.1, -0.05) is 0 Å². The van der Waals surface area contributed by atoms with Crippen molar-refractivity contribution in [1.29, 1.82) is 0 Å². The van der Waals surface area contributed by atoms with E-state index in [9.17, 15) is 28.2 Å². The van der Waals surface area contributed by atoms with Crippen LogP contribution in [0, 0.1) is 0 Å².